The van der Waals surface area contributed by atoms with E-state index in [1.165, 1.54) is 0 Å². The number of para-hydroxylation sites is 2. The average Bonchev–Trinajstić information content (AvgIpc) is 3.11. The van der Waals surface area contributed by atoms with Crippen LogP contribution in [-0.4, -0.2) is 23.1 Å². The van der Waals surface area contributed by atoms with Crippen LogP contribution in [0.1, 0.15) is 25.1 Å². The lowest BCUT2D eigenvalue weighted by Gasteiger charge is -2.14. The quantitative estimate of drug-likeness (QED) is 0.436. The maximum absolute atomic E-state index is 6.46. The highest BCUT2D eigenvalue weighted by Gasteiger charge is 2.17. The fourth-order valence-corrected chi connectivity index (χ4v) is 3.16. The van der Waals surface area contributed by atoms with Crippen LogP contribution in [0, 0.1) is 0 Å². The van der Waals surface area contributed by atoms with E-state index in [2.05, 4.69) is 12.2 Å². The number of nitrogens with two attached hydrogens (primary N) is 1. The molecule has 2 aromatic carbocycles. The number of nitrogens with zero attached hydrogens (tertiary/aromatic N) is 2. The van der Waals surface area contributed by atoms with Crippen LogP contribution in [-0.2, 0) is 0 Å². The molecule has 1 atom stereocenters. The minimum Gasteiger partial charge on any atom is -0.453 e. The van der Waals surface area contributed by atoms with E-state index in [-0.39, 0.29) is 30.9 Å². The van der Waals surface area contributed by atoms with Gasteiger partial charge in [-0.05, 0) is 37.7 Å². The highest BCUT2D eigenvalue weighted by Crippen LogP contribution is 2.29. The molecule has 0 fully saturated rings. The van der Waals surface area contributed by atoms with Crippen molar-refractivity contribution in [2.24, 2.45) is 5.73 Å². The summed E-state index contributed by atoms with van der Waals surface area (Å²) >= 11 is 0. The van der Waals surface area contributed by atoms with Crippen LogP contribution < -0.4 is 11.1 Å². The predicted octanol–water partition coefficient (Wildman–Crippen LogP) is 4.89. The molecule has 0 bridgehead atoms. The summed E-state index contributed by atoms with van der Waals surface area (Å²) in [7, 11) is 0. The number of benzene rings is 2. The molecule has 1 unspecified atom stereocenters. The van der Waals surface area contributed by atoms with Crippen LogP contribution in [0.15, 0.2) is 59.0 Å². The summed E-state index contributed by atoms with van der Waals surface area (Å²) in [6, 6.07) is 17.7. The molecule has 148 valence electrons. The van der Waals surface area contributed by atoms with Crippen molar-refractivity contribution in [1.82, 2.24) is 15.3 Å². The number of furan rings is 1. The van der Waals surface area contributed by atoms with Crippen molar-refractivity contribution in [2.75, 3.05) is 13.1 Å². The van der Waals surface area contributed by atoms with Crippen LogP contribution in [0.25, 0.3) is 33.5 Å². The number of rotatable bonds is 6. The van der Waals surface area contributed by atoms with E-state index in [4.69, 9.17) is 20.1 Å². The first-order chi connectivity index (χ1) is 12.8. The fraction of sp³-hybridized carbons (Fsp3) is 0.238. The Kier molecular flexibility index (Phi) is 7.78. The topological polar surface area (TPSA) is 77.0 Å². The summed E-state index contributed by atoms with van der Waals surface area (Å²) in [5.41, 5.74) is 9.04. The summed E-state index contributed by atoms with van der Waals surface area (Å²) in [6.45, 7) is 3.88. The molecule has 0 saturated heterocycles. The second-order valence-electron chi connectivity index (χ2n) is 6.35. The molecular weight excluding hydrogens is 395 g/mol. The molecule has 3 N–H and O–H groups in total. The Morgan fingerprint density at radius 3 is 2.57 bits per heavy atom. The Morgan fingerprint density at radius 1 is 1.04 bits per heavy atom. The van der Waals surface area contributed by atoms with Crippen LogP contribution in [0.3, 0.4) is 0 Å². The molecule has 28 heavy (non-hydrogen) atoms. The van der Waals surface area contributed by atoms with E-state index in [0.29, 0.717) is 11.6 Å². The van der Waals surface area contributed by atoms with E-state index in [9.17, 15) is 0 Å². The zero-order chi connectivity index (χ0) is 17.9. The molecule has 0 saturated carbocycles. The van der Waals surface area contributed by atoms with E-state index >= 15 is 0 Å². The second-order valence-corrected chi connectivity index (χ2v) is 6.35. The number of fused-ring (bicyclic) bond motifs is 2. The van der Waals surface area contributed by atoms with Gasteiger partial charge in [-0.3, -0.25) is 0 Å². The first-order valence-electron chi connectivity index (χ1n) is 8.98. The number of halogens is 2. The summed E-state index contributed by atoms with van der Waals surface area (Å²) in [5, 5.41) is 5.35. The van der Waals surface area contributed by atoms with Crippen molar-refractivity contribution < 1.29 is 4.42 Å². The normalized spacial score (nSPS) is 11.8. The van der Waals surface area contributed by atoms with Crippen molar-refractivity contribution in [3.8, 4) is 11.6 Å². The van der Waals surface area contributed by atoms with E-state index in [1.54, 1.807) is 0 Å². The van der Waals surface area contributed by atoms with Gasteiger partial charge in [0.15, 0.2) is 11.6 Å². The molecule has 2 heterocycles. The number of aromatic nitrogens is 2. The van der Waals surface area contributed by atoms with Gasteiger partial charge in [-0.1, -0.05) is 43.3 Å². The molecule has 0 aliphatic rings. The summed E-state index contributed by atoms with van der Waals surface area (Å²) in [5.74, 6) is 1.24. The molecule has 0 radical (unpaired) electrons. The van der Waals surface area contributed by atoms with Crippen molar-refractivity contribution in [3.63, 3.8) is 0 Å². The van der Waals surface area contributed by atoms with Gasteiger partial charge in [-0.15, -0.1) is 24.8 Å². The molecule has 4 rings (SSSR count). The van der Waals surface area contributed by atoms with Crippen LogP contribution in [0.2, 0.25) is 0 Å². The summed E-state index contributed by atoms with van der Waals surface area (Å²) in [6.07, 6.45) is 0.814. The number of hydrogen-bond donors (Lipinski definition) is 2. The van der Waals surface area contributed by atoms with E-state index < -0.39 is 0 Å². The van der Waals surface area contributed by atoms with Gasteiger partial charge in [0.2, 0.25) is 0 Å². The first-order valence-corrected chi connectivity index (χ1v) is 8.98. The summed E-state index contributed by atoms with van der Waals surface area (Å²) < 4.78 is 5.96. The number of hydrogen-bond acceptors (Lipinski definition) is 5. The van der Waals surface area contributed by atoms with Gasteiger partial charge in [0.1, 0.15) is 5.58 Å². The van der Waals surface area contributed by atoms with Crippen LogP contribution >= 0.6 is 24.8 Å². The zero-order valence-electron chi connectivity index (χ0n) is 15.6. The minimum atomic E-state index is -0.162. The van der Waals surface area contributed by atoms with Gasteiger partial charge in [-0.25, -0.2) is 9.97 Å². The van der Waals surface area contributed by atoms with Gasteiger partial charge in [0.25, 0.3) is 0 Å². The van der Waals surface area contributed by atoms with Gasteiger partial charge >= 0.3 is 0 Å². The highest BCUT2D eigenvalue weighted by molar-refractivity contribution is 5.86. The molecule has 0 aliphatic heterocycles. The lowest BCUT2D eigenvalue weighted by Crippen LogP contribution is -2.22. The van der Waals surface area contributed by atoms with Crippen molar-refractivity contribution >= 4 is 46.7 Å². The Balaban J connectivity index is 0.00000140. The Bertz CT molecular complexity index is 1020. The third kappa shape index (κ3) is 4.45. The molecule has 0 aliphatic carbocycles. The van der Waals surface area contributed by atoms with Crippen LogP contribution in [0.4, 0.5) is 0 Å². The number of nitrogens with one attached hydrogen (secondary N) is 1. The third-order valence-electron chi connectivity index (χ3n) is 4.51. The highest BCUT2D eigenvalue weighted by atomic mass is 35.5. The molecule has 0 spiro atoms. The summed E-state index contributed by atoms with van der Waals surface area (Å²) in [4.78, 5) is 9.49. The van der Waals surface area contributed by atoms with E-state index in [0.717, 1.165) is 47.1 Å². The smallest absolute Gasteiger partial charge is 0.196 e. The molecule has 4 aromatic rings. The lowest BCUT2D eigenvalue weighted by atomic mass is 10.1. The average molecular weight is 419 g/mol. The van der Waals surface area contributed by atoms with Gasteiger partial charge in [0, 0.05) is 16.8 Å². The SMILES string of the molecule is CCNCCC(N)c1nc(-c2cc3ccccc3o2)nc2ccccc12.Cl.Cl. The van der Waals surface area contributed by atoms with E-state index in [1.807, 2.05) is 54.6 Å². The van der Waals surface area contributed by atoms with Crippen molar-refractivity contribution in [1.29, 1.82) is 0 Å². The monoisotopic (exact) mass is 418 g/mol. The third-order valence-corrected chi connectivity index (χ3v) is 4.51. The molecular formula is C21H24Cl2N4O. The van der Waals surface area contributed by atoms with Gasteiger partial charge in [0.05, 0.1) is 11.2 Å². The van der Waals surface area contributed by atoms with Crippen molar-refractivity contribution in [2.45, 2.75) is 19.4 Å². The Morgan fingerprint density at radius 2 is 1.79 bits per heavy atom. The maximum atomic E-state index is 6.46. The van der Waals surface area contributed by atoms with Crippen LogP contribution in [0.5, 0.6) is 0 Å². The lowest BCUT2D eigenvalue weighted by molar-refractivity contribution is 0.582. The Hall–Kier alpha value is -2.18. The molecule has 0 amide bonds. The standard InChI is InChI=1S/C21H22N4O.2ClH/c1-2-23-12-11-16(22)20-15-8-4-5-9-17(15)24-21(25-20)19-13-14-7-3-6-10-18(14)26-19;;/h3-10,13,16,23H,2,11-12,22H2,1H3;2*1H. The molecule has 5 nitrogen and oxygen atoms in total. The largest absolute Gasteiger partial charge is 0.453 e. The second kappa shape index (κ2) is 9.85. The van der Waals surface area contributed by atoms with Gasteiger partial charge < -0.3 is 15.5 Å². The fourth-order valence-electron chi connectivity index (χ4n) is 3.16. The zero-order valence-corrected chi connectivity index (χ0v) is 17.2. The first kappa shape index (κ1) is 22.1. The Labute approximate surface area is 176 Å². The molecule has 7 heteroatoms. The maximum Gasteiger partial charge on any atom is 0.196 e. The minimum absolute atomic E-state index is 0. The molecule has 2 aromatic heterocycles. The van der Waals surface area contributed by atoms with Crippen molar-refractivity contribution in [3.05, 3.63) is 60.3 Å². The predicted molar refractivity (Wildman–Crippen MR) is 119 cm³/mol. The van der Waals surface area contributed by atoms with Gasteiger partial charge in [-0.2, -0.15) is 0 Å².